The van der Waals surface area contributed by atoms with Crippen LogP contribution in [0.15, 0.2) is 29.5 Å². The van der Waals surface area contributed by atoms with Gasteiger partial charge >= 0.3 is 18.6 Å². The number of halogens is 2. The second kappa shape index (κ2) is 8.90. The van der Waals surface area contributed by atoms with E-state index in [4.69, 9.17) is 9.47 Å². The first-order valence-electron chi connectivity index (χ1n) is 8.82. The molecule has 0 aliphatic carbocycles. The van der Waals surface area contributed by atoms with Crippen molar-refractivity contribution in [3.63, 3.8) is 0 Å². The highest BCUT2D eigenvalue weighted by Gasteiger charge is 2.39. The van der Waals surface area contributed by atoms with Gasteiger partial charge in [-0.3, -0.25) is 0 Å². The van der Waals surface area contributed by atoms with Crippen molar-refractivity contribution in [1.82, 2.24) is 9.80 Å². The lowest BCUT2D eigenvalue weighted by Crippen LogP contribution is -2.47. The molecule has 0 saturated carbocycles. The molecule has 0 saturated heterocycles. The Hall–Kier alpha value is -2.84. The standard InChI is InChI=1S/C19H24F2N2O5/c1-6-26-14-10-12(8-9-13(14)28-18(20)21)16-15(17(24)27-7-2)11(3)22(4)19(25)23(16)5/h8-10,16,18H,6-7H2,1-5H3/t16-/m0/s1. The molecule has 1 aromatic rings. The number of benzene rings is 1. The summed E-state index contributed by atoms with van der Waals surface area (Å²) in [6, 6.07) is 3.27. The molecule has 0 N–H and O–H groups in total. The van der Waals surface area contributed by atoms with Crippen molar-refractivity contribution < 1.29 is 32.6 Å². The number of allylic oxidation sites excluding steroid dienone is 1. The number of likely N-dealkylation sites (N-methyl/N-ethyl adjacent to an activating group) is 1. The Balaban J connectivity index is 2.59. The van der Waals surface area contributed by atoms with E-state index in [2.05, 4.69) is 4.74 Å². The molecule has 0 aromatic heterocycles. The van der Waals surface area contributed by atoms with Gasteiger partial charge in [-0.2, -0.15) is 8.78 Å². The Labute approximate surface area is 162 Å². The van der Waals surface area contributed by atoms with E-state index in [0.29, 0.717) is 11.3 Å². The zero-order valence-corrected chi connectivity index (χ0v) is 16.5. The first kappa shape index (κ1) is 21.5. The molecule has 0 fully saturated rings. The van der Waals surface area contributed by atoms with Crippen LogP contribution >= 0.6 is 0 Å². The normalized spacial score (nSPS) is 17.3. The number of urea groups is 1. The molecule has 1 aromatic carbocycles. The number of carbonyl (C=O) groups excluding carboxylic acids is 2. The molecule has 1 heterocycles. The van der Waals surface area contributed by atoms with Crippen LogP contribution in [0.3, 0.4) is 0 Å². The Bertz CT molecular complexity index is 782. The number of alkyl halides is 2. The highest BCUT2D eigenvalue weighted by Crippen LogP contribution is 2.40. The summed E-state index contributed by atoms with van der Waals surface area (Å²) in [5, 5.41) is 0. The molecule has 154 valence electrons. The average molecular weight is 398 g/mol. The molecule has 1 atom stereocenters. The molecule has 0 bridgehead atoms. The molecule has 2 rings (SSSR count). The number of rotatable bonds is 7. The summed E-state index contributed by atoms with van der Waals surface area (Å²) in [5.74, 6) is -0.580. The number of nitrogens with zero attached hydrogens (tertiary/aromatic N) is 2. The van der Waals surface area contributed by atoms with E-state index >= 15 is 0 Å². The summed E-state index contributed by atoms with van der Waals surface area (Å²) in [6.45, 7) is 2.45. The maximum atomic E-state index is 12.7. The van der Waals surface area contributed by atoms with Crippen LogP contribution in [0, 0.1) is 0 Å². The zero-order valence-electron chi connectivity index (χ0n) is 16.5. The van der Waals surface area contributed by atoms with E-state index in [1.165, 1.54) is 28.0 Å². The van der Waals surface area contributed by atoms with E-state index in [1.807, 2.05) is 0 Å². The topological polar surface area (TPSA) is 68.3 Å². The number of hydrogen-bond donors (Lipinski definition) is 0. The lowest BCUT2D eigenvalue weighted by Gasteiger charge is -2.39. The monoisotopic (exact) mass is 398 g/mol. The second-order valence-electron chi connectivity index (χ2n) is 6.09. The molecular formula is C19H24F2N2O5. The molecule has 7 nitrogen and oxygen atoms in total. The van der Waals surface area contributed by atoms with Gasteiger partial charge in [0.25, 0.3) is 0 Å². The minimum absolute atomic E-state index is 0.0981. The van der Waals surface area contributed by atoms with Crippen LogP contribution in [-0.2, 0) is 9.53 Å². The number of amides is 2. The van der Waals surface area contributed by atoms with E-state index in [0.717, 1.165) is 0 Å². The van der Waals surface area contributed by atoms with Crippen LogP contribution < -0.4 is 9.47 Å². The van der Waals surface area contributed by atoms with E-state index in [-0.39, 0.29) is 36.3 Å². The van der Waals surface area contributed by atoms with Gasteiger partial charge in [0.1, 0.15) is 0 Å². The van der Waals surface area contributed by atoms with E-state index in [9.17, 15) is 18.4 Å². The van der Waals surface area contributed by atoms with Gasteiger partial charge in [0.05, 0.1) is 24.8 Å². The molecule has 0 unspecified atom stereocenters. The summed E-state index contributed by atoms with van der Waals surface area (Å²) in [5.41, 5.74) is 1.25. The minimum atomic E-state index is -3.00. The van der Waals surface area contributed by atoms with Gasteiger partial charge in [-0.1, -0.05) is 6.07 Å². The molecule has 0 radical (unpaired) electrons. The SMILES string of the molecule is CCOC(=O)C1=C(C)N(C)C(=O)N(C)[C@H]1c1ccc(OC(F)F)c(OCC)c1. The van der Waals surface area contributed by atoms with Crippen molar-refractivity contribution in [3.05, 3.63) is 35.0 Å². The third-order valence-electron chi connectivity index (χ3n) is 4.44. The fourth-order valence-corrected chi connectivity index (χ4v) is 3.08. The summed E-state index contributed by atoms with van der Waals surface area (Å²) in [7, 11) is 3.12. The van der Waals surface area contributed by atoms with Crippen LogP contribution in [0.4, 0.5) is 13.6 Å². The first-order chi connectivity index (χ1) is 13.2. The van der Waals surface area contributed by atoms with Gasteiger partial charge in [0.2, 0.25) is 0 Å². The van der Waals surface area contributed by atoms with Crippen LogP contribution in [-0.4, -0.2) is 55.7 Å². The van der Waals surface area contributed by atoms with Crippen LogP contribution in [0.2, 0.25) is 0 Å². The smallest absolute Gasteiger partial charge is 0.387 e. The number of carbonyl (C=O) groups is 2. The highest BCUT2D eigenvalue weighted by atomic mass is 19.3. The average Bonchev–Trinajstić information content (AvgIpc) is 2.64. The summed E-state index contributed by atoms with van der Waals surface area (Å²) >= 11 is 0. The Morgan fingerprint density at radius 2 is 1.86 bits per heavy atom. The van der Waals surface area contributed by atoms with Gasteiger partial charge in [-0.15, -0.1) is 0 Å². The van der Waals surface area contributed by atoms with Crippen LogP contribution in [0.5, 0.6) is 11.5 Å². The lowest BCUT2D eigenvalue weighted by atomic mass is 9.93. The van der Waals surface area contributed by atoms with Crippen molar-refractivity contribution in [2.75, 3.05) is 27.3 Å². The van der Waals surface area contributed by atoms with Gasteiger partial charge in [-0.05, 0) is 38.5 Å². The quantitative estimate of drug-likeness (QED) is 0.657. The van der Waals surface area contributed by atoms with Crippen molar-refractivity contribution in [1.29, 1.82) is 0 Å². The van der Waals surface area contributed by atoms with Crippen LogP contribution in [0.1, 0.15) is 32.4 Å². The molecule has 9 heteroatoms. The Kier molecular flexibility index (Phi) is 6.82. The third-order valence-corrected chi connectivity index (χ3v) is 4.44. The van der Waals surface area contributed by atoms with E-state index < -0.39 is 18.6 Å². The number of ether oxygens (including phenoxy) is 3. The maximum Gasteiger partial charge on any atom is 0.387 e. The Morgan fingerprint density at radius 1 is 1.18 bits per heavy atom. The van der Waals surface area contributed by atoms with Gasteiger partial charge in [0, 0.05) is 19.8 Å². The maximum absolute atomic E-state index is 12.7. The molecule has 2 amide bonds. The number of hydrogen-bond acceptors (Lipinski definition) is 5. The van der Waals surface area contributed by atoms with Crippen molar-refractivity contribution in [2.45, 2.75) is 33.4 Å². The zero-order chi connectivity index (χ0) is 21.0. The van der Waals surface area contributed by atoms with E-state index in [1.54, 1.807) is 34.9 Å². The first-order valence-corrected chi connectivity index (χ1v) is 8.82. The number of esters is 1. The largest absolute Gasteiger partial charge is 0.490 e. The highest BCUT2D eigenvalue weighted by molar-refractivity contribution is 5.95. The van der Waals surface area contributed by atoms with Crippen LogP contribution in [0.25, 0.3) is 0 Å². The predicted molar refractivity (Wildman–Crippen MR) is 97.2 cm³/mol. The third kappa shape index (κ3) is 4.18. The van der Waals surface area contributed by atoms with Gasteiger partial charge < -0.3 is 24.0 Å². The summed E-state index contributed by atoms with van der Waals surface area (Å²) < 4.78 is 40.4. The fourth-order valence-electron chi connectivity index (χ4n) is 3.08. The second-order valence-corrected chi connectivity index (χ2v) is 6.09. The van der Waals surface area contributed by atoms with Crippen molar-refractivity contribution >= 4 is 12.0 Å². The summed E-state index contributed by atoms with van der Waals surface area (Å²) in [6.07, 6.45) is 0. The Morgan fingerprint density at radius 3 is 2.43 bits per heavy atom. The molecule has 1 aliphatic rings. The predicted octanol–water partition coefficient (Wildman–Crippen LogP) is 3.56. The van der Waals surface area contributed by atoms with Crippen molar-refractivity contribution in [2.24, 2.45) is 0 Å². The van der Waals surface area contributed by atoms with Gasteiger partial charge in [-0.25, -0.2) is 9.59 Å². The molecule has 0 spiro atoms. The summed E-state index contributed by atoms with van der Waals surface area (Å²) in [4.78, 5) is 27.9. The fraction of sp³-hybridized carbons (Fsp3) is 0.474. The van der Waals surface area contributed by atoms with Crippen molar-refractivity contribution in [3.8, 4) is 11.5 Å². The molecule has 28 heavy (non-hydrogen) atoms. The minimum Gasteiger partial charge on any atom is -0.490 e. The molecule has 1 aliphatic heterocycles. The molecular weight excluding hydrogens is 374 g/mol. The lowest BCUT2D eigenvalue weighted by molar-refractivity contribution is -0.139. The van der Waals surface area contributed by atoms with Gasteiger partial charge in [0.15, 0.2) is 11.5 Å².